The van der Waals surface area contributed by atoms with Crippen molar-refractivity contribution in [2.75, 3.05) is 0 Å². The average Bonchev–Trinajstić information content (AvgIpc) is 3.24. The number of carboxylic acids is 1. The van der Waals surface area contributed by atoms with E-state index in [0.29, 0.717) is 17.7 Å². The van der Waals surface area contributed by atoms with Crippen LogP contribution in [0.2, 0.25) is 0 Å². The highest BCUT2D eigenvalue weighted by Gasteiger charge is 2.24. The molecular formula is C19H23N5O3. The maximum Gasteiger partial charge on any atom is 0.337 e. The maximum atomic E-state index is 13.3. The number of rotatable bonds is 5. The molecular weight excluding hydrogens is 346 g/mol. The third-order valence-electron chi connectivity index (χ3n) is 5.45. The number of aromatic nitrogens is 5. The SMILES string of the molecule is CCn1cncc1Cn1c(=O)n(C2CCCCC2)c2ncc(C(=O)O)cc21. The van der Waals surface area contributed by atoms with Crippen molar-refractivity contribution >= 4 is 17.1 Å². The molecule has 0 atom stereocenters. The predicted molar refractivity (Wildman–Crippen MR) is 100 cm³/mol. The van der Waals surface area contributed by atoms with E-state index >= 15 is 0 Å². The van der Waals surface area contributed by atoms with E-state index in [1.54, 1.807) is 27.7 Å². The molecule has 27 heavy (non-hydrogen) atoms. The van der Waals surface area contributed by atoms with Gasteiger partial charge in [0, 0.05) is 25.0 Å². The average molecular weight is 369 g/mol. The molecule has 0 radical (unpaired) electrons. The number of aromatic carboxylic acids is 1. The van der Waals surface area contributed by atoms with Crippen LogP contribution in [0.5, 0.6) is 0 Å². The van der Waals surface area contributed by atoms with Gasteiger partial charge in [0.1, 0.15) is 0 Å². The van der Waals surface area contributed by atoms with Crippen molar-refractivity contribution in [2.45, 2.75) is 58.2 Å². The van der Waals surface area contributed by atoms with Crippen molar-refractivity contribution in [2.24, 2.45) is 0 Å². The fourth-order valence-corrected chi connectivity index (χ4v) is 4.02. The minimum absolute atomic E-state index is 0.0843. The highest BCUT2D eigenvalue weighted by molar-refractivity contribution is 5.91. The number of pyridine rings is 1. The summed E-state index contributed by atoms with van der Waals surface area (Å²) in [6.07, 6.45) is 10.1. The quantitative estimate of drug-likeness (QED) is 0.746. The fourth-order valence-electron chi connectivity index (χ4n) is 4.02. The van der Waals surface area contributed by atoms with Crippen LogP contribution in [0.3, 0.4) is 0 Å². The van der Waals surface area contributed by atoms with Crippen LogP contribution in [-0.2, 0) is 13.1 Å². The van der Waals surface area contributed by atoms with Crippen LogP contribution < -0.4 is 5.69 Å². The van der Waals surface area contributed by atoms with Gasteiger partial charge in [-0.1, -0.05) is 19.3 Å². The highest BCUT2D eigenvalue weighted by atomic mass is 16.4. The van der Waals surface area contributed by atoms with Crippen LogP contribution >= 0.6 is 0 Å². The molecule has 3 heterocycles. The van der Waals surface area contributed by atoms with Crippen molar-refractivity contribution in [1.82, 2.24) is 23.7 Å². The summed E-state index contributed by atoms with van der Waals surface area (Å²) in [6, 6.07) is 1.67. The zero-order chi connectivity index (χ0) is 19.0. The van der Waals surface area contributed by atoms with Crippen molar-refractivity contribution in [1.29, 1.82) is 0 Å². The van der Waals surface area contributed by atoms with Gasteiger partial charge in [0.2, 0.25) is 0 Å². The number of carbonyl (C=O) groups is 1. The number of imidazole rings is 2. The molecule has 4 rings (SSSR count). The Morgan fingerprint density at radius 2 is 2.04 bits per heavy atom. The molecule has 8 nitrogen and oxygen atoms in total. The van der Waals surface area contributed by atoms with Gasteiger partial charge in [0.05, 0.1) is 29.6 Å². The summed E-state index contributed by atoms with van der Waals surface area (Å²) < 4.78 is 5.38. The van der Waals surface area contributed by atoms with Gasteiger partial charge in [-0.2, -0.15) is 0 Å². The number of fused-ring (bicyclic) bond motifs is 1. The third kappa shape index (κ3) is 3.05. The lowest BCUT2D eigenvalue weighted by Gasteiger charge is -2.22. The Kier molecular flexibility index (Phi) is 4.55. The second-order valence-electron chi connectivity index (χ2n) is 7.07. The van der Waals surface area contributed by atoms with Gasteiger partial charge in [-0.05, 0) is 25.8 Å². The van der Waals surface area contributed by atoms with E-state index in [1.807, 2.05) is 11.5 Å². The van der Waals surface area contributed by atoms with Crippen molar-refractivity contribution in [3.63, 3.8) is 0 Å². The normalized spacial score (nSPS) is 15.4. The van der Waals surface area contributed by atoms with Gasteiger partial charge < -0.3 is 9.67 Å². The fraction of sp³-hybridized carbons (Fsp3) is 0.474. The van der Waals surface area contributed by atoms with Gasteiger partial charge in [0.15, 0.2) is 5.65 Å². The minimum atomic E-state index is -1.05. The molecule has 1 N–H and O–H groups in total. The molecule has 8 heteroatoms. The monoisotopic (exact) mass is 369 g/mol. The summed E-state index contributed by atoms with van der Waals surface area (Å²) in [7, 11) is 0. The smallest absolute Gasteiger partial charge is 0.337 e. The first kappa shape index (κ1) is 17.5. The summed E-state index contributed by atoms with van der Waals surface area (Å²) in [5.41, 5.74) is 1.99. The molecule has 142 valence electrons. The van der Waals surface area contributed by atoms with Gasteiger partial charge >= 0.3 is 11.7 Å². The Morgan fingerprint density at radius 3 is 2.74 bits per heavy atom. The van der Waals surface area contributed by atoms with Gasteiger partial charge in [-0.3, -0.25) is 9.13 Å². The zero-order valence-corrected chi connectivity index (χ0v) is 15.3. The van der Waals surface area contributed by atoms with Crippen LogP contribution in [0.4, 0.5) is 0 Å². The van der Waals surface area contributed by atoms with Crippen LogP contribution in [-0.4, -0.2) is 34.7 Å². The van der Waals surface area contributed by atoms with E-state index in [-0.39, 0.29) is 17.3 Å². The first-order valence-corrected chi connectivity index (χ1v) is 9.43. The summed E-state index contributed by atoms with van der Waals surface area (Å²) in [5, 5.41) is 9.35. The second-order valence-corrected chi connectivity index (χ2v) is 7.07. The zero-order valence-electron chi connectivity index (χ0n) is 15.3. The summed E-state index contributed by atoms with van der Waals surface area (Å²) in [6.45, 7) is 3.11. The van der Waals surface area contributed by atoms with E-state index in [4.69, 9.17) is 0 Å². The van der Waals surface area contributed by atoms with Crippen LogP contribution in [0, 0.1) is 0 Å². The second kappa shape index (κ2) is 7.02. The molecule has 0 aromatic carbocycles. The first-order valence-electron chi connectivity index (χ1n) is 9.43. The molecule has 3 aromatic heterocycles. The van der Waals surface area contributed by atoms with Crippen LogP contribution in [0.15, 0.2) is 29.6 Å². The third-order valence-corrected chi connectivity index (χ3v) is 5.45. The molecule has 0 saturated heterocycles. The van der Waals surface area contributed by atoms with E-state index < -0.39 is 5.97 Å². The molecule has 0 spiro atoms. The molecule has 1 saturated carbocycles. The van der Waals surface area contributed by atoms with Crippen molar-refractivity contribution in [3.05, 3.63) is 46.5 Å². The minimum Gasteiger partial charge on any atom is -0.478 e. The van der Waals surface area contributed by atoms with Gasteiger partial charge in [-0.25, -0.2) is 19.6 Å². The number of nitrogens with zero attached hydrogens (tertiary/aromatic N) is 5. The molecule has 1 fully saturated rings. The summed E-state index contributed by atoms with van der Waals surface area (Å²) in [5.74, 6) is -1.05. The topological polar surface area (TPSA) is 94.9 Å². The highest BCUT2D eigenvalue weighted by Crippen LogP contribution is 2.29. The first-order chi connectivity index (χ1) is 13.1. The Morgan fingerprint density at radius 1 is 1.26 bits per heavy atom. The Labute approximate surface area is 156 Å². The molecule has 3 aromatic rings. The predicted octanol–water partition coefficient (Wildman–Crippen LogP) is 2.67. The standard InChI is InChI=1S/C19H23N5O3/c1-2-22-12-20-10-15(22)11-23-16-8-13(18(25)26)9-21-17(16)24(19(23)27)14-6-4-3-5-7-14/h8-10,12,14H,2-7,11H2,1H3,(H,25,26). The van der Waals surface area contributed by atoms with Gasteiger partial charge in [-0.15, -0.1) is 0 Å². The number of aryl methyl sites for hydroxylation is 1. The number of hydrogen-bond acceptors (Lipinski definition) is 4. The van der Waals surface area contributed by atoms with Crippen molar-refractivity contribution in [3.8, 4) is 0 Å². The van der Waals surface area contributed by atoms with E-state index in [0.717, 1.165) is 37.9 Å². The van der Waals surface area contributed by atoms with E-state index in [2.05, 4.69) is 9.97 Å². The molecule has 1 aliphatic carbocycles. The summed E-state index contributed by atoms with van der Waals surface area (Å²) >= 11 is 0. The maximum absolute atomic E-state index is 13.3. The van der Waals surface area contributed by atoms with Crippen molar-refractivity contribution < 1.29 is 9.90 Å². The molecule has 1 aliphatic rings. The van der Waals surface area contributed by atoms with E-state index in [9.17, 15) is 14.7 Å². The molecule has 0 aliphatic heterocycles. The largest absolute Gasteiger partial charge is 0.478 e. The Balaban J connectivity index is 1.89. The van der Waals surface area contributed by atoms with Gasteiger partial charge in [0.25, 0.3) is 0 Å². The molecule has 0 unspecified atom stereocenters. The number of hydrogen-bond donors (Lipinski definition) is 1. The molecule has 0 bridgehead atoms. The lowest BCUT2D eigenvalue weighted by atomic mass is 9.95. The van der Waals surface area contributed by atoms with E-state index in [1.165, 1.54) is 12.6 Å². The Hall–Kier alpha value is -2.90. The molecule has 0 amide bonds. The van der Waals surface area contributed by atoms with Crippen LogP contribution in [0.1, 0.15) is 61.1 Å². The number of carboxylic acid groups (broad SMARTS) is 1. The summed E-state index contributed by atoms with van der Waals surface area (Å²) in [4.78, 5) is 33.3. The lowest BCUT2D eigenvalue weighted by molar-refractivity contribution is 0.0696. The lowest BCUT2D eigenvalue weighted by Crippen LogP contribution is -2.29. The Bertz CT molecular complexity index is 1040. The van der Waals surface area contributed by atoms with Crippen LogP contribution in [0.25, 0.3) is 11.2 Å².